The molecule has 0 saturated carbocycles. The van der Waals surface area contributed by atoms with E-state index in [-0.39, 0.29) is 0 Å². The molecule has 0 aliphatic heterocycles. The van der Waals surface area contributed by atoms with Gasteiger partial charge in [0.1, 0.15) is 0 Å². The highest BCUT2D eigenvalue weighted by atomic mass is 32.2. The van der Waals surface area contributed by atoms with Gasteiger partial charge in [-0.3, -0.25) is 0 Å². The zero-order valence-electron chi connectivity index (χ0n) is 12.3. The highest BCUT2D eigenvalue weighted by molar-refractivity contribution is 7.98. The molecule has 0 bridgehead atoms. The number of para-hydroxylation sites is 1. The number of hydrogen-bond acceptors (Lipinski definition) is 4. The quantitative estimate of drug-likeness (QED) is 0.415. The third-order valence-electron chi connectivity index (χ3n) is 3.64. The Labute approximate surface area is 132 Å². The van der Waals surface area contributed by atoms with Gasteiger partial charge in [-0.1, -0.05) is 53.7 Å². The average molecular weight is 306 g/mol. The van der Waals surface area contributed by atoms with Crippen molar-refractivity contribution in [1.82, 2.24) is 19.6 Å². The summed E-state index contributed by atoms with van der Waals surface area (Å²) in [5.41, 5.74) is 4.04. The van der Waals surface area contributed by atoms with Gasteiger partial charge in [0.2, 0.25) is 0 Å². The molecule has 0 atom stereocenters. The van der Waals surface area contributed by atoms with Gasteiger partial charge in [0.25, 0.3) is 0 Å². The SMILES string of the molecule is CSc1nc2ccccc2c2nc(-c3ccc(C)cc3)nn12. The molecular formula is C17H14N4S. The first kappa shape index (κ1) is 13.3. The number of hydrogen-bond donors (Lipinski definition) is 0. The topological polar surface area (TPSA) is 43.1 Å². The van der Waals surface area contributed by atoms with Crippen LogP contribution < -0.4 is 0 Å². The first-order chi connectivity index (χ1) is 10.8. The fraction of sp³-hybridized carbons (Fsp3) is 0.118. The van der Waals surface area contributed by atoms with E-state index in [0.29, 0.717) is 0 Å². The predicted molar refractivity (Wildman–Crippen MR) is 90.2 cm³/mol. The van der Waals surface area contributed by atoms with Gasteiger partial charge in [-0.2, -0.15) is 4.52 Å². The van der Waals surface area contributed by atoms with Crippen LogP contribution in [0, 0.1) is 6.92 Å². The Morgan fingerprint density at radius 2 is 1.73 bits per heavy atom. The monoisotopic (exact) mass is 306 g/mol. The van der Waals surface area contributed by atoms with Crippen LogP contribution in [0.2, 0.25) is 0 Å². The lowest BCUT2D eigenvalue weighted by Crippen LogP contribution is -1.97. The van der Waals surface area contributed by atoms with Gasteiger partial charge in [-0.25, -0.2) is 9.97 Å². The number of benzene rings is 2. The Hall–Kier alpha value is -2.40. The molecule has 0 radical (unpaired) electrons. The summed E-state index contributed by atoms with van der Waals surface area (Å²) in [5, 5.41) is 6.52. The van der Waals surface area contributed by atoms with Crippen LogP contribution in [0.25, 0.3) is 27.9 Å². The Morgan fingerprint density at radius 1 is 0.955 bits per heavy atom. The molecule has 0 N–H and O–H groups in total. The lowest BCUT2D eigenvalue weighted by atomic mass is 10.1. The zero-order valence-corrected chi connectivity index (χ0v) is 13.1. The summed E-state index contributed by atoms with van der Waals surface area (Å²) in [4.78, 5) is 9.41. The second kappa shape index (κ2) is 5.10. The van der Waals surface area contributed by atoms with Crippen molar-refractivity contribution in [3.63, 3.8) is 0 Å². The number of aryl methyl sites for hydroxylation is 1. The maximum atomic E-state index is 4.75. The van der Waals surface area contributed by atoms with Crippen molar-refractivity contribution in [3.05, 3.63) is 54.1 Å². The second-order valence-corrected chi connectivity index (χ2v) is 5.93. The molecule has 0 aliphatic carbocycles. The van der Waals surface area contributed by atoms with Crippen LogP contribution >= 0.6 is 11.8 Å². The maximum Gasteiger partial charge on any atom is 0.191 e. The average Bonchev–Trinajstić information content (AvgIpc) is 3.00. The molecule has 2 aromatic heterocycles. The largest absolute Gasteiger partial charge is 0.222 e. The van der Waals surface area contributed by atoms with E-state index in [2.05, 4.69) is 41.3 Å². The molecule has 4 rings (SSSR count). The smallest absolute Gasteiger partial charge is 0.191 e. The van der Waals surface area contributed by atoms with Crippen molar-refractivity contribution >= 4 is 28.3 Å². The summed E-state index contributed by atoms with van der Waals surface area (Å²) < 4.78 is 1.84. The number of fused-ring (bicyclic) bond motifs is 3. The minimum absolute atomic E-state index is 0.730. The molecule has 0 fully saturated rings. The molecule has 2 aromatic carbocycles. The van der Waals surface area contributed by atoms with Crippen molar-refractivity contribution in [2.45, 2.75) is 12.1 Å². The molecule has 2 heterocycles. The number of aromatic nitrogens is 4. The molecule has 0 saturated heterocycles. The Balaban J connectivity index is 2.03. The summed E-state index contributed by atoms with van der Waals surface area (Å²) in [7, 11) is 0. The summed E-state index contributed by atoms with van der Waals surface area (Å²) in [5.74, 6) is 0.730. The number of nitrogens with zero attached hydrogens (tertiary/aromatic N) is 4. The Morgan fingerprint density at radius 3 is 2.50 bits per heavy atom. The third kappa shape index (κ3) is 2.05. The molecule has 0 spiro atoms. The normalized spacial score (nSPS) is 11.4. The highest BCUT2D eigenvalue weighted by Gasteiger charge is 2.13. The van der Waals surface area contributed by atoms with Crippen LogP contribution in [0.1, 0.15) is 5.56 Å². The van der Waals surface area contributed by atoms with E-state index in [1.54, 1.807) is 11.8 Å². The number of thioether (sulfide) groups is 1. The summed E-state index contributed by atoms with van der Waals surface area (Å²) in [6.07, 6.45) is 2.00. The Bertz CT molecular complexity index is 973. The van der Waals surface area contributed by atoms with Gasteiger partial charge in [-0.05, 0) is 25.3 Å². The molecule has 5 heteroatoms. The standard InChI is InChI=1S/C17H14N4S/c1-11-7-9-12(10-8-11)15-19-16-13-5-3-4-6-14(13)18-17(22-2)21(16)20-15/h3-10H,1-2H3. The van der Waals surface area contributed by atoms with Crippen LogP contribution in [0.3, 0.4) is 0 Å². The zero-order chi connectivity index (χ0) is 15.1. The van der Waals surface area contributed by atoms with Crippen LogP contribution in [0.4, 0.5) is 0 Å². The van der Waals surface area contributed by atoms with Gasteiger partial charge >= 0.3 is 0 Å². The van der Waals surface area contributed by atoms with E-state index < -0.39 is 0 Å². The molecule has 4 aromatic rings. The van der Waals surface area contributed by atoms with Crippen molar-refractivity contribution in [2.24, 2.45) is 0 Å². The fourth-order valence-corrected chi connectivity index (χ4v) is 2.98. The molecule has 4 nitrogen and oxygen atoms in total. The summed E-state index contributed by atoms with van der Waals surface area (Å²) in [6, 6.07) is 16.3. The van der Waals surface area contributed by atoms with E-state index in [0.717, 1.165) is 33.1 Å². The molecule has 0 aliphatic rings. The van der Waals surface area contributed by atoms with Gasteiger partial charge in [0.15, 0.2) is 16.6 Å². The number of rotatable bonds is 2. The third-order valence-corrected chi connectivity index (χ3v) is 4.27. The van der Waals surface area contributed by atoms with Gasteiger partial charge in [0, 0.05) is 10.9 Å². The van der Waals surface area contributed by atoms with Gasteiger partial charge in [0.05, 0.1) is 5.52 Å². The minimum atomic E-state index is 0.730. The Kier molecular flexibility index (Phi) is 3.08. The summed E-state index contributed by atoms with van der Waals surface area (Å²) in [6.45, 7) is 2.07. The first-order valence-corrected chi connectivity index (χ1v) is 8.25. The van der Waals surface area contributed by atoms with Crippen molar-refractivity contribution in [2.75, 3.05) is 6.26 Å². The minimum Gasteiger partial charge on any atom is -0.222 e. The first-order valence-electron chi connectivity index (χ1n) is 7.03. The van der Waals surface area contributed by atoms with E-state index in [1.807, 2.05) is 35.0 Å². The maximum absolute atomic E-state index is 4.75. The molecule has 22 heavy (non-hydrogen) atoms. The molecule has 0 unspecified atom stereocenters. The fourth-order valence-electron chi connectivity index (χ4n) is 2.49. The van der Waals surface area contributed by atoms with E-state index in [1.165, 1.54) is 5.56 Å². The second-order valence-electron chi connectivity index (χ2n) is 5.15. The molecular weight excluding hydrogens is 292 g/mol. The predicted octanol–water partition coefficient (Wildman–Crippen LogP) is 3.97. The lowest BCUT2D eigenvalue weighted by molar-refractivity contribution is 0.813. The molecule has 0 amide bonds. The van der Waals surface area contributed by atoms with Crippen LogP contribution in [0.15, 0.2) is 53.7 Å². The van der Waals surface area contributed by atoms with Crippen molar-refractivity contribution < 1.29 is 0 Å². The van der Waals surface area contributed by atoms with E-state index >= 15 is 0 Å². The van der Waals surface area contributed by atoms with Crippen molar-refractivity contribution in [3.8, 4) is 11.4 Å². The van der Waals surface area contributed by atoms with Crippen molar-refractivity contribution in [1.29, 1.82) is 0 Å². The van der Waals surface area contributed by atoms with Crippen LogP contribution in [0.5, 0.6) is 0 Å². The lowest BCUT2D eigenvalue weighted by Gasteiger charge is -2.02. The molecule has 108 valence electrons. The van der Waals surface area contributed by atoms with Crippen LogP contribution in [-0.2, 0) is 0 Å². The highest BCUT2D eigenvalue weighted by Crippen LogP contribution is 2.25. The van der Waals surface area contributed by atoms with E-state index in [9.17, 15) is 0 Å². The van der Waals surface area contributed by atoms with E-state index in [4.69, 9.17) is 4.98 Å². The van der Waals surface area contributed by atoms with Gasteiger partial charge in [-0.15, -0.1) is 5.10 Å². The van der Waals surface area contributed by atoms with Gasteiger partial charge < -0.3 is 0 Å². The summed E-state index contributed by atoms with van der Waals surface area (Å²) >= 11 is 1.57. The van der Waals surface area contributed by atoms with Crippen LogP contribution in [-0.4, -0.2) is 25.8 Å².